The van der Waals surface area contributed by atoms with Crippen LogP contribution < -0.4 is 4.74 Å². The van der Waals surface area contributed by atoms with Gasteiger partial charge in [-0.3, -0.25) is 0 Å². The number of nitrogens with zero attached hydrogens (tertiary/aromatic N) is 3. The molecule has 68 valence electrons. The first-order valence-electron chi connectivity index (χ1n) is 4.31. The number of pyridine rings is 1. The van der Waals surface area contributed by atoms with Gasteiger partial charge < -0.3 is 4.74 Å². The summed E-state index contributed by atoms with van der Waals surface area (Å²) in [4.78, 5) is 3.79. The molecule has 1 saturated carbocycles. The van der Waals surface area contributed by atoms with Gasteiger partial charge >= 0.3 is 0 Å². The molecular formula is C10H7N3O. The number of aromatic nitrogens is 1. The van der Waals surface area contributed by atoms with E-state index in [0.717, 1.165) is 12.8 Å². The van der Waals surface area contributed by atoms with Crippen molar-refractivity contribution < 1.29 is 4.74 Å². The molecule has 0 atom stereocenters. The Morgan fingerprint density at radius 2 is 2.14 bits per heavy atom. The van der Waals surface area contributed by atoms with Crippen LogP contribution in [-0.2, 0) is 0 Å². The van der Waals surface area contributed by atoms with Gasteiger partial charge in [-0.15, -0.1) is 0 Å². The number of ether oxygens (including phenoxy) is 1. The predicted octanol–water partition coefficient (Wildman–Crippen LogP) is 1.37. The topological polar surface area (TPSA) is 69.7 Å². The van der Waals surface area contributed by atoms with E-state index in [1.807, 2.05) is 12.1 Å². The van der Waals surface area contributed by atoms with Crippen LogP contribution in [0.15, 0.2) is 12.3 Å². The molecule has 1 aromatic heterocycles. The molecule has 4 nitrogen and oxygen atoms in total. The minimum atomic E-state index is 0.130. The van der Waals surface area contributed by atoms with Gasteiger partial charge in [-0.25, -0.2) is 4.98 Å². The van der Waals surface area contributed by atoms with Gasteiger partial charge in [0.25, 0.3) is 0 Å². The average molecular weight is 185 g/mol. The van der Waals surface area contributed by atoms with Crippen LogP contribution in [0.4, 0.5) is 0 Å². The normalized spacial score (nSPS) is 14.1. The summed E-state index contributed by atoms with van der Waals surface area (Å²) in [6, 6.07) is 5.43. The molecule has 0 unspecified atom stereocenters. The van der Waals surface area contributed by atoms with Crippen LogP contribution in [0.2, 0.25) is 0 Å². The minimum Gasteiger partial charge on any atom is -0.489 e. The SMILES string of the molecule is N#Cc1nccc(OC2CC2)c1C#N. The van der Waals surface area contributed by atoms with Crippen LogP contribution in [0.5, 0.6) is 5.75 Å². The second kappa shape index (κ2) is 3.35. The van der Waals surface area contributed by atoms with E-state index >= 15 is 0 Å². The summed E-state index contributed by atoms with van der Waals surface area (Å²) in [5, 5.41) is 17.5. The van der Waals surface area contributed by atoms with Crippen LogP contribution >= 0.6 is 0 Å². The van der Waals surface area contributed by atoms with Crippen molar-refractivity contribution in [1.29, 1.82) is 10.5 Å². The zero-order chi connectivity index (χ0) is 9.97. The molecule has 2 rings (SSSR count). The summed E-state index contributed by atoms with van der Waals surface area (Å²) in [7, 11) is 0. The van der Waals surface area contributed by atoms with Gasteiger partial charge in [-0.2, -0.15) is 10.5 Å². The lowest BCUT2D eigenvalue weighted by atomic mass is 10.2. The van der Waals surface area contributed by atoms with Gasteiger partial charge in [0.05, 0.1) is 6.10 Å². The molecule has 0 bridgehead atoms. The molecule has 0 amide bonds. The summed E-state index contributed by atoms with van der Waals surface area (Å²) in [5.74, 6) is 0.474. The number of rotatable bonds is 2. The molecule has 0 radical (unpaired) electrons. The van der Waals surface area contributed by atoms with Crippen molar-refractivity contribution in [3.63, 3.8) is 0 Å². The van der Waals surface area contributed by atoms with Crippen molar-refractivity contribution in [2.75, 3.05) is 0 Å². The number of hydrogen-bond donors (Lipinski definition) is 0. The Balaban J connectivity index is 2.38. The highest BCUT2D eigenvalue weighted by Crippen LogP contribution is 2.29. The predicted molar refractivity (Wildman–Crippen MR) is 47.3 cm³/mol. The zero-order valence-corrected chi connectivity index (χ0v) is 7.40. The third kappa shape index (κ3) is 1.51. The lowest BCUT2D eigenvalue weighted by Gasteiger charge is -2.05. The monoisotopic (exact) mass is 185 g/mol. The molecule has 0 aromatic carbocycles. The van der Waals surface area contributed by atoms with Crippen LogP contribution in [0.1, 0.15) is 24.1 Å². The Morgan fingerprint density at radius 1 is 1.36 bits per heavy atom. The summed E-state index contributed by atoms with van der Waals surface area (Å²) in [5.41, 5.74) is 0.368. The van der Waals surface area contributed by atoms with Crippen molar-refractivity contribution in [3.8, 4) is 17.9 Å². The fraction of sp³-hybridized carbons (Fsp3) is 0.300. The second-order valence-corrected chi connectivity index (χ2v) is 3.07. The summed E-state index contributed by atoms with van der Waals surface area (Å²) in [6.45, 7) is 0. The molecule has 0 saturated heterocycles. The highest BCUT2D eigenvalue weighted by molar-refractivity contribution is 5.50. The third-order valence-electron chi connectivity index (χ3n) is 1.95. The Labute approximate surface area is 81.4 Å². The van der Waals surface area contributed by atoms with Crippen molar-refractivity contribution in [2.24, 2.45) is 0 Å². The Hall–Kier alpha value is -2.07. The fourth-order valence-electron chi connectivity index (χ4n) is 1.10. The third-order valence-corrected chi connectivity index (χ3v) is 1.95. The summed E-state index contributed by atoms with van der Waals surface area (Å²) >= 11 is 0. The highest BCUT2D eigenvalue weighted by atomic mass is 16.5. The molecule has 1 fully saturated rings. The van der Waals surface area contributed by atoms with Crippen molar-refractivity contribution >= 4 is 0 Å². The first-order chi connectivity index (χ1) is 6.85. The fourth-order valence-corrected chi connectivity index (χ4v) is 1.10. The van der Waals surface area contributed by atoms with Crippen molar-refractivity contribution in [3.05, 3.63) is 23.5 Å². The van der Waals surface area contributed by atoms with Gasteiger partial charge in [0.15, 0.2) is 5.69 Å². The van der Waals surface area contributed by atoms with Gasteiger partial charge in [0, 0.05) is 6.20 Å². The first-order valence-corrected chi connectivity index (χ1v) is 4.31. The molecule has 4 heteroatoms. The van der Waals surface area contributed by atoms with Crippen LogP contribution in [0, 0.1) is 22.7 Å². The Kier molecular flexibility index (Phi) is 2.04. The van der Waals surface area contributed by atoms with Gasteiger partial charge in [0.1, 0.15) is 23.5 Å². The molecule has 1 aliphatic rings. The smallest absolute Gasteiger partial charge is 0.162 e. The molecule has 0 aliphatic heterocycles. The van der Waals surface area contributed by atoms with E-state index in [9.17, 15) is 0 Å². The molecule has 14 heavy (non-hydrogen) atoms. The van der Waals surface area contributed by atoms with Crippen LogP contribution in [-0.4, -0.2) is 11.1 Å². The maximum Gasteiger partial charge on any atom is 0.162 e. The summed E-state index contributed by atoms with van der Waals surface area (Å²) < 4.78 is 5.48. The van der Waals surface area contributed by atoms with E-state index in [-0.39, 0.29) is 17.4 Å². The number of nitriles is 2. The maximum atomic E-state index is 8.84. The molecular weight excluding hydrogens is 178 g/mol. The van der Waals surface area contributed by atoms with E-state index in [2.05, 4.69) is 4.98 Å². The quantitative estimate of drug-likeness (QED) is 0.697. The van der Waals surface area contributed by atoms with Gasteiger partial charge in [0.2, 0.25) is 0 Å². The average Bonchev–Trinajstić information content (AvgIpc) is 3.01. The van der Waals surface area contributed by atoms with E-state index in [1.54, 1.807) is 6.07 Å². The van der Waals surface area contributed by atoms with Crippen LogP contribution in [0.3, 0.4) is 0 Å². The van der Waals surface area contributed by atoms with Gasteiger partial charge in [-0.05, 0) is 18.9 Å². The Morgan fingerprint density at radius 3 is 2.71 bits per heavy atom. The summed E-state index contributed by atoms with van der Waals surface area (Å²) in [6.07, 6.45) is 3.75. The van der Waals surface area contributed by atoms with Gasteiger partial charge in [-0.1, -0.05) is 0 Å². The maximum absolute atomic E-state index is 8.84. The number of hydrogen-bond acceptors (Lipinski definition) is 4. The largest absolute Gasteiger partial charge is 0.489 e. The van der Waals surface area contributed by atoms with Crippen molar-refractivity contribution in [1.82, 2.24) is 4.98 Å². The second-order valence-electron chi connectivity index (χ2n) is 3.07. The zero-order valence-electron chi connectivity index (χ0n) is 7.40. The lowest BCUT2D eigenvalue weighted by molar-refractivity contribution is 0.302. The minimum absolute atomic E-state index is 0.130. The van der Waals surface area contributed by atoms with E-state index in [0.29, 0.717) is 5.75 Å². The molecule has 0 N–H and O–H groups in total. The van der Waals surface area contributed by atoms with E-state index in [4.69, 9.17) is 15.3 Å². The molecule has 1 aromatic rings. The van der Waals surface area contributed by atoms with E-state index < -0.39 is 0 Å². The molecule has 1 heterocycles. The standard InChI is InChI=1S/C10H7N3O/c11-5-8-9(6-12)13-4-3-10(8)14-7-1-2-7/h3-4,7H,1-2H2. The van der Waals surface area contributed by atoms with Crippen molar-refractivity contribution in [2.45, 2.75) is 18.9 Å². The lowest BCUT2D eigenvalue weighted by Crippen LogP contribution is -2.00. The highest BCUT2D eigenvalue weighted by Gasteiger charge is 2.25. The first kappa shape index (κ1) is 8.52. The molecule has 0 spiro atoms. The molecule has 1 aliphatic carbocycles. The Bertz CT molecular complexity index is 438. The van der Waals surface area contributed by atoms with E-state index in [1.165, 1.54) is 6.20 Å². The van der Waals surface area contributed by atoms with Crippen LogP contribution in [0.25, 0.3) is 0 Å².